The summed E-state index contributed by atoms with van der Waals surface area (Å²) in [6.45, 7) is 5.06. The van der Waals surface area contributed by atoms with Crippen LogP contribution in [0.1, 0.15) is 19.4 Å². The van der Waals surface area contributed by atoms with E-state index >= 15 is 0 Å². The maximum absolute atomic E-state index is 5.87. The van der Waals surface area contributed by atoms with Crippen LogP contribution in [0.4, 0.5) is 0 Å². The Morgan fingerprint density at radius 1 is 1.41 bits per heavy atom. The largest absolute Gasteiger partial charge is 0.497 e. The number of hydrogen-bond acceptors (Lipinski definition) is 2. The van der Waals surface area contributed by atoms with E-state index < -0.39 is 0 Å². The fraction of sp³-hybridized carbons (Fsp3) is 0.429. The summed E-state index contributed by atoms with van der Waals surface area (Å²) in [5.41, 5.74) is 2.42. The number of alkyl halides is 1. The lowest BCUT2D eigenvalue weighted by atomic mass is 9.91. The van der Waals surface area contributed by atoms with Crippen LogP contribution in [0, 0.1) is 5.41 Å². The van der Waals surface area contributed by atoms with Crippen molar-refractivity contribution in [1.82, 2.24) is 0 Å². The van der Waals surface area contributed by atoms with E-state index in [1.54, 1.807) is 7.11 Å². The minimum absolute atomic E-state index is 0.0510. The number of halogens is 1. The second-order valence-electron chi connectivity index (χ2n) is 4.94. The van der Waals surface area contributed by atoms with Gasteiger partial charge in [-0.1, -0.05) is 35.9 Å². The maximum atomic E-state index is 5.87. The van der Waals surface area contributed by atoms with Gasteiger partial charge in [-0.15, -0.1) is 0 Å². The van der Waals surface area contributed by atoms with Crippen molar-refractivity contribution in [1.29, 1.82) is 0 Å². The first-order chi connectivity index (χ1) is 8.05. The quantitative estimate of drug-likeness (QED) is 0.771. The molecule has 2 rings (SSSR count). The molecule has 0 unspecified atom stereocenters. The average molecular weight is 297 g/mol. The van der Waals surface area contributed by atoms with Crippen molar-refractivity contribution in [2.24, 2.45) is 5.41 Å². The second kappa shape index (κ2) is 4.73. The zero-order valence-corrected chi connectivity index (χ0v) is 12.0. The molecule has 0 spiro atoms. The van der Waals surface area contributed by atoms with Gasteiger partial charge in [-0.3, -0.25) is 0 Å². The van der Waals surface area contributed by atoms with Gasteiger partial charge in [-0.05, 0) is 23.8 Å². The minimum atomic E-state index is 0.0510. The van der Waals surface area contributed by atoms with Crippen LogP contribution < -0.4 is 9.47 Å². The van der Waals surface area contributed by atoms with E-state index in [1.807, 2.05) is 18.2 Å². The van der Waals surface area contributed by atoms with E-state index in [4.69, 9.17) is 9.47 Å². The Kier molecular flexibility index (Phi) is 3.48. The van der Waals surface area contributed by atoms with Gasteiger partial charge in [0.15, 0.2) is 0 Å². The lowest BCUT2D eigenvalue weighted by molar-refractivity contribution is 0.224. The smallest absolute Gasteiger partial charge is 0.127 e. The van der Waals surface area contributed by atoms with E-state index in [0.717, 1.165) is 22.4 Å². The molecule has 1 heterocycles. The molecule has 0 aromatic heterocycles. The first-order valence-corrected chi connectivity index (χ1v) is 6.77. The number of ether oxygens (including phenoxy) is 2. The molecule has 1 aromatic carbocycles. The SMILES string of the molecule is COc1ccc2c(c1)C(CBr)=CC(C)(C)CO2. The standard InChI is InChI=1S/C14H17BrO2/c1-14(2)7-10(8-15)12-6-11(16-3)4-5-13(12)17-9-14/h4-7H,8-9H2,1-3H3. The van der Waals surface area contributed by atoms with Gasteiger partial charge in [0.05, 0.1) is 13.7 Å². The third-order valence-corrected chi connectivity index (χ3v) is 3.45. The third kappa shape index (κ3) is 2.65. The molecule has 0 radical (unpaired) electrons. The van der Waals surface area contributed by atoms with Crippen molar-refractivity contribution in [2.45, 2.75) is 13.8 Å². The molecule has 3 heteroatoms. The molecule has 1 aliphatic heterocycles. The molecule has 2 nitrogen and oxygen atoms in total. The Bertz CT molecular complexity index is 450. The summed E-state index contributed by atoms with van der Waals surface area (Å²) in [5, 5.41) is 0.819. The minimum Gasteiger partial charge on any atom is -0.497 e. The summed E-state index contributed by atoms with van der Waals surface area (Å²) >= 11 is 3.55. The summed E-state index contributed by atoms with van der Waals surface area (Å²) in [4.78, 5) is 0. The number of methoxy groups -OCH3 is 1. The first kappa shape index (κ1) is 12.5. The van der Waals surface area contributed by atoms with Crippen molar-refractivity contribution in [2.75, 3.05) is 19.0 Å². The summed E-state index contributed by atoms with van der Waals surface area (Å²) in [6, 6.07) is 5.94. The van der Waals surface area contributed by atoms with Crippen LogP contribution in [0.15, 0.2) is 24.3 Å². The summed E-state index contributed by atoms with van der Waals surface area (Å²) < 4.78 is 11.1. The van der Waals surface area contributed by atoms with Crippen LogP contribution in [-0.2, 0) is 0 Å². The van der Waals surface area contributed by atoms with Crippen molar-refractivity contribution in [3.8, 4) is 11.5 Å². The van der Waals surface area contributed by atoms with Crippen molar-refractivity contribution in [3.63, 3.8) is 0 Å². The van der Waals surface area contributed by atoms with Gasteiger partial charge < -0.3 is 9.47 Å². The number of hydrogen-bond donors (Lipinski definition) is 0. The van der Waals surface area contributed by atoms with Crippen molar-refractivity contribution in [3.05, 3.63) is 29.8 Å². The van der Waals surface area contributed by atoms with E-state index in [2.05, 4.69) is 35.9 Å². The number of benzene rings is 1. The zero-order chi connectivity index (χ0) is 12.5. The Morgan fingerprint density at radius 3 is 2.82 bits per heavy atom. The normalized spacial score (nSPS) is 17.5. The van der Waals surface area contributed by atoms with Crippen LogP contribution in [0.2, 0.25) is 0 Å². The molecular weight excluding hydrogens is 280 g/mol. The van der Waals surface area contributed by atoms with Gasteiger partial charge >= 0.3 is 0 Å². The molecule has 0 saturated carbocycles. The van der Waals surface area contributed by atoms with Gasteiger partial charge in [0, 0.05) is 16.3 Å². The lowest BCUT2D eigenvalue weighted by Crippen LogP contribution is -2.17. The van der Waals surface area contributed by atoms with Gasteiger partial charge in [0.25, 0.3) is 0 Å². The molecule has 1 aromatic rings. The molecule has 0 N–H and O–H groups in total. The highest BCUT2D eigenvalue weighted by molar-refractivity contribution is 9.09. The Morgan fingerprint density at radius 2 is 2.18 bits per heavy atom. The van der Waals surface area contributed by atoms with Crippen LogP contribution in [0.25, 0.3) is 5.57 Å². The molecule has 0 saturated heterocycles. The van der Waals surface area contributed by atoms with E-state index in [9.17, 15) is 0 Å². The molecular formula is C14H17BrO2. The number of fused-ring (bicyclic) bond motifs is 1. The predicted molar refractivity (Wildman–Crippen MR) is 74.0 cm³/mol. The van der Waals surface area contributed by atoms with E-state index in [1.165, 1.54) is 5.57 Å². The maximum Gasteiger partial charge on any atom is 0.127 e. The Hall–Kier alpha value is -0.960. The average Bonchev–Trinajstić information content (AvgIpc) is 2.45. The molecule has 0 amide bonds. The molecule has 1 aliphatic rings. The molecule has 92 valence electrons. The highest BCUT2D eigenvalue weighted by Gasteiger charge is 2.23. The summed E-state index contributed by atoms with van der Waals surface area (Å²) in [7, 11) is 1.68. The molecule has 0 fully saturated rings. The summed E-state index contributed by atoms with van der Waals surface area (Å²) in [5.74, 6) is 1.79. The van der Waals surface area contributed by atoms with Gasteiger partial charge in [-0.2, -0.15) is 0 Å². The highest BCUT2D eigenvalue weighted by atomic mass is 79.9. The number of rotatable bonds is 2. The molecule has 0 aliphatic carbocycles. The zero-order valence-electron chi connectivity index (χ0n) is 10.4. The second-order valence-corrected chi connectivity index (χ2v) is 5.50. The highest BCUT2D eigenvalue weighted by Crippen LogP contribution is 2.37. The molecule has 0 atom stereocenters. The fourth-order valence-electron chi connectivity index (χ4n) is 1.98. The predicted octanol–water partition coefficient (Wildman–Crippen LogP) is 3.89. The topological polar surface area (TPSA) is 18.5 Å². The van der Waals surface area contributed by atoms with E-state index in [-0.39, 0.29) is 5.41 Å². The summed E-state index contributed by atoms with van der Waals surface area (Å²) in [6.07, 6.45) is 2.27. The van der Waals surface area contributed by atoms with Gasteiger partial charge in [0.2, 0.25) is 0 Å². The first-order valence-electron chi connectivity index (χ1n) is 5.64. The third-order valence-electron chi connectivity index (χ3n) is 2.84. The van der Waals surface area contributed by atoms with Gasteiger partial charge in [0.1, 0.15) is 11.5 Å². The van der Waals surface area contributed by atoms with Crippen molar-refractivity contribution >= 4 is 21.5 Å². The van der Waals surface area contributed by atoms with Crippen LogP contribution >= 0.6 is 15.9 Å². The number of allylic oxidation sites excluding steroid dienone is 1. The molecule has 17 heavy (non-hydrogen) atoms. The van der Waals surface area contributed by atoms with E-state index in [0.29, 0.717) is 6.61 Å². The van der Waals surface area contributed by atoms with Gasteiger partial charge in [-0.25, -0.2) is 0 Å². The van der Waals surface area contributed by atoms with Crippen LogP contribution in [0.3, 0.4) is 0 Å². The Balaban J connectivity index is 2.52. The van der Waals surface area contributed by atoms with Crippen LogP contribution in [-0.4, -0.2) is 19.0 Å². The Labute approximate surface area is 111 Å². The van der Waals surface area contributed by atoms with Crippen LogP contribution in [0.5, 0.6) is 11.5 Å². The fourth-order valence-corrected chi connectivity index (χ4v) is 2.44. The molecule has 0 bridgehead atoms. The monoisotopic (exact) mass is 296 g/mol. The van der Waals surface area contributed by atoms with Crippen molar-refractivity contribution < 1.29 is 9.47 Å². The lowest BCUT2D eigenvalue weighted by Gasteiger charge is -2.18.